The lowest BCUT2D eigenvalue weighted by molar-refractivity contribution is 0.0866. The predicted molar refractivity (Wildman–Crippen MR) is 139 cm³/mol. The Morgan fingerprint density at radius 3 is 2.17 bits per heavy atom. The standard InChI is InChI=1S/C31H31NO3/c1-20(2)35-30-14-8-7-9-24(30)21-17-22-15-16-23(18-21)32(22)31(33)34-19-29-27-12-5-3-10-25(27)26-11-4-6-13-28(26)29/h3-14,17,20,22-23,29H,15-16,18-19H2,1-2H3. The van der Waals surface area contributed by atoms with Crippen LogP contribution < -0.4 is 4.74 Å². The maximum absolute atomic E-state index is 13.3. The fourth-order valence-corrected chi connectivity index (χ4v) is 6.07. The van der Waals surface area contributed by atoms with Crippen molar-refractivity contribution in [2.45, 2.75) is 57.2 Å². The summed E-state index contributed by atoms with van der Waals surface area (Å²) in [6.07, 6.45) is 5.00. The average Bonchev–Trinajstić information content (AvgIpc) is 3.33. The third kappa shape index (κ3) is 3.91. The molecular formula is C31H31NO3. The van der Waals surface area contributed by atoms with Gasteiger partial charge in [-0.15, -0.1) is 0 Å². The van der Waals surface area contributed by atoms with Crippen molar-refractivity contribution in [3.05, 3.63) is 95.6 Å². The lowest BCUT2D eigenvalue weighted by Crippen LogP contribution is -2.43. The number of hydrogen-bond donors (Lipinski definition) is 0. The van der Waals surface area contributed by atoms with E-state index in [9.17, 15) is 4.79 Å². The quantitative estimate of drug-likeness (QED) is 0.405. The molecule has 2 atom stereocenters. The average molecular weight is 466 g/mol. The number of ether oxygens (including phenoxy) is 2. The minimum Gasteiger partial charge on any atom is -0.490 e. The molecule has 4 heteroatoms. The normalized spacial score (nSPS) is 20.4. The molecule has 0 radical (unpaired) electrons. The highest BCUT2D eigenvalue weighted by Crippen LogP contribution is 2.45. The first-order valence-electron chi connectivity index (χ1n) is 12.7. The molecule has 0 saturated carbocycles. The van der Waals surface area contributed by atoms with E-state index in [-0.39, 0.29) is 30.2 Å². The van der Waals surface area contributed by atoms with Gasteiger partial charge in [-0.05, 0) is 67.0 Å². The molecular weight excluding hydrogens is 434 g/mol. The highest BCUT2D eigenvalue weighted by Gasteiger charge is 2.41. The van der Waals surface area contributed by atoms with E-state index in [1.807, 2.05) is 17.0 Å². The molecule has 4 nitrogen and oxygen atoms in total. The molecule has 3 aromatic carbocycles. The highest BCUT2D eigenvalue weighted by molar-refractivity contribution is 5.80. The summed E-state index contributed by atoms with van der Waals surface area (Å²) in [6.45, 7) is 4.47. The van der Waals surface area contributed by atoms with Crippen molar-refractivity contribution >= 4 is 11.7 Å². The van der Waals surface area contributed by atoms with Crippen LogP contribution in [0.25, 0.3) is 16.7 Å². The van der Waals surface area contributed by atoms with Gasteiger partial charge in [0.2, 0.25) is 0 Å². The Kier molecular flexibility index (Phi) is 5.60. The lowest BCUT2D eigenvalue weighted by Gasteiger charge is -2.34. The van der Waals surface area contributed by atoms with Crippen molar-refractivity contribution in [3.63, 3.8) is 0 Å². The molecule has 1 fully saturated rings. The van der Waals surface area contributed by atoms with Gasteiger partial charge in [0, 0.05) is 17.5 Å². The monoisotopic (exact) mass is 465 g/mol. The zero-order valence-corrected chi connectivity index (χ0v) is 20.3. The Balaban J connectivity index is 1.20. The molecule has 3 aliphatic rings. The van der Waals surface area contributed by atoms with Crippen molar-refractivity contribution in [3.8, 4) is 16.9 Å². The number of carbonyl (C=O) groups excluding carboxylic acids is 1. The van der Waals surface area contributed by atoms with Gasteiger partial charge in [-0.3, -0.25) is 4.90 Å². The third-order valence-electron chi connectivity index (χ3n) is 7.54. The van der Waals surface area contributed by atoms with Crippen LogP contribution >= 0.6 is 0 Å². The van der Waals surface area contributed by atoms with Crippen molar-refractivity contribution in [1.82, 2.24) is 4.90 Å². The second-order valence-corrected chi connectivity index (χ2v) is 10.1. The number of hydrogen-bond acceptors (Lipinski definition) is 3. The Bertz CT molecular complexity index is 1250. The molecule has 2 unspecified atom stereocenters. The van der Waals surface area contributed by atoms with E-state index >= 15 is 0 Å². The molecule has 0 N–H and O–H groups in total. The topological polar surface area (TPSA) is 38.8 Å². The number of benzene rings is 3. The van der Waals surface area contributed by atoms with Crippen molar-refractivity contribution in [2.75, 3.05) is 6.61 Å². The highest BCUT2D eigenvalue weighted by atomic mass is 16.6. The smallest absolute Gasteiger partial charge is 0.410 e. The molecule has 1 amide bonds. The predicted octanol–water partition coefficient (Wildman–Crippen LogP) is 7.04. The third-order valence-corrected chi connectivity index (χ3v) is 7.54. The van der Waals surface area contributed by atoms with Crippen LogP contribution in [0.1, 0.15) is 55.7 Å². The SMILES string of the molecule is CC(C)Oc1ccccc1C1=CC2CCC(C1)N2C(=O)OCC1c2ccccc2-c2ccccc21. The molecule has 1 aliphatic carbocycles. The van der Waals surface area contributed by atoms with Crippen LogP contribution in [0.2, 0.25) is 0 Å². The number of nitrogens with zero attached hydrogens (tertiary/aromatic N) is 1. The molecule has 2 aliphatic heterocycles. The molecule has 3 aromatic rings. The summed E-state index contributed by atoms with van der Waals surface area (Å²) in [4.78, 5) is 15.3. The lowest BCUT2D eigenvalue weighted by atomic mass is 9.94. The summed E-state index contributed by atoms with van der Waals surface area (Å²) >= 11 is 0. The van der Waals surface area contributed by atoms with Gasteiger partial charge in [0.25, 0.3) is 0 Å². The molecule has 178 valence electrons. The van der Waals surface area contributed by atoms with E-state index in [2.05, 4.69) is 80.6 Å². The fraction of sp³-hybridized carbons (Fsp3) is 0.323. The zero-order chi connectivity index (χ0) is 23.9. The first-order chi connectivity index (χ1) is 17.1. The Morgan fingerprint density at radius 1 is 0.886 bits per heavy atom. The van der Waals surface area contributed by atoms with Crippen LogP contribution in [0.3, 0.4) is 0 Å². The van der Waals surface area contributed by atoms with Gasteiger partial charge < -0.3 is 9.47 Å². The largest absolute Gasteiger partial charge is 0.490 e. The van der Waals surface area contributed by atoms with E-state index in [4.69, 9.17) is 9.47 Å². The molecule has 35 heavy (non-hydrogen) atoms. The van der Waals surface area contributed by atoms with Crippen molar-refractivity contribution in [1.29, 1.82) is 0 Å². The summed E-state index contributed by atoms with van der Waals surface area (Å²) in [5.41, 5.74) is 7.40. The molecule has 2 heterocycles. The zero-order valence-electron chi connectivity index (χ0n) is 20.3. The van der Waals surface area contributed by atoms with Gasteiger partial charge in [0.1, 0.15) is 12.4 Å². The van der Waals surface area contributed by atoms with E-state index < -0.39 is 0 Å². The summed E-state index contributed by atoms with van der Waals surface area (Å²) < 4.78 is 12.1. The summed E-state index contributed by atoms with van der Waals surface area (Å²) in [5, 5.41) is 0. The summed E-state index contributed by atoms with van der Waals surface area (Å²) in [5.74, 6) is 1.00. The van der Waals surface area contributed by atoms with Crippen LogP contribution in [0.5, 0.6) is 5.75 Å². The molecule has 1 saturated heterocycles. The molecule has 0 aromatic heterocycles. The van der Waals surface area contributed by atoms with Crippen molar-refractivity contribution in [2.24, 2.45) is 0 Å². The Labute approximate surface area is 207 Å². The summed E-state index contributed by atoms with van der Waals surface area (Å²) in [6, 6.07) is 25.4. The van der Waals surface area contributed by atoms with E-state index in [1.165, 1.54) is 27.8 Å². The van der Waals surface area contributed by atoms with Gasteiger partial charge in [0.15, 0.2) is 0 Å². The minimum atomic E-state index is -0.193. The number of para-hydroxylation sites is 1. The maximum Gasteiger partial charge on any atom is 0.410 e. The van der Waals surface area contributed by atoms with Gasteiger partial charge in [-0.1, -0.05) is 72.8 Å². The molecule has 2 bridgehead atoms. The van der Waals surface area contributed by atoms with E-state index in [1.54, 1.807) is 0 Å². The Morgan fingerprint density at radius 2 is 1.51 bits per heavy atom. The van der Waals surface area contributed by atoms with Crippen LogP contribution in [-0.2, 0) is 4.74 Å². The van der Waals surface area contributed by atoms with Gasteiger partial charge in [0.05, 0.1) is 12.1 Å². The number of rotatable bonds is 5. The molecule has 6 rings (SSSR count). The van der Waals surface area contributed by atoms with Gasteiger partial charge in [-0.25, -0.2) is 4.79 Å². The maximum atomic E-state index is 13.3. The Hall–Kier alpha value is -3.53. The van der Waals surface area contributed by atoms with Crippen LogP contribution in [0.4, 0.5) is 4.79 Å². The number of carbonyl (C=O) groups is 1. The summed E-state index contributed by atoms with van der Waals surface area (Å²) in [7, 11) is 0. The van der Waals surface area contributed by atoms with Crippen LogP contribution in [-0.4, -0.2) is 35.8 Å². The second-order valence-electron chi connectivity index (χ2n) is 10.1. The fourth-order valence-electron chi connectivity index (χ4n) is 6.07. The first kappa shape index (κ1) is 22.0. The molecule has 0 spiro atoms. The van der Waals surface area contributed by atoms with Crippen LogP contribution in [0.15, 0.2) is 78.9 Å². The van der Waals surface area contributed by atoms with E-state index in [0.717, 1.165) is 30.6 Å². The van der Waals surface area contributed by atoms with Gasteiger partial charge >= 0.3 is 6.09 Å². The van der Waals surface area contributed by atoms with Crippen LogP contribution in [0, 0.1) is 0 Å². The first-order valence-corrected chi connectivity index (χ1v) is 12.7. The van der Waals surface area contributed by atoms with Crippen molar-refractivity contribution < 1.29 is 14.3 Å². The van der Waals surface area contributed by atoms with E-state index in [0.29, 0.717) is 6.61 Å². The number of amides is 1. The number of fused-ring (bicyclic) bond motifs is 5. The second kappa shape index (κ2) is 8.92. The van der Waals surface area contributed by atoms with Gasteiger partial charge in [-0.2, -0.15) is 0 Å². The minimum absolute atomic E-state index is 0.0755.